The van der Waals surface area contributed by atoms with E-state index in [-0.39, 0.29) is 0 Å². The Bertz CT molecular complexity index is 846. The molecule has 0 aliphatic carbocycles. The quantitative estimate of drug-likeness (QED) is 0.178. The molecule has 0 aliphatic heterocycles. The van der Waals surface area contributed by atoms with Crippen molar-refractivity contribution < 1.29 is 4.74 Å². The molecule has 1 aromatic carbocycles. The summed E-state index contributed by atoms with van der Waals surface area (Å²) in [4.78, 5) is 7.47. The first kappa shape index (κ1) is 28.5. The molecule has 5 nitrogen and oxygen atoms in total. The van der Waals surface area contributed by atoms with Crippen molar-refractivity contribution in [3.05, 3.63) is 12.1 Å². The van der Waals surface area contributed by atoms with E-state index in [4.69, 9.17) is 15.3 Å². The SMILES string of the molecule is CCCCCCN(CCCCCC)c1nc2cc(OCCC(C)CC(C)(C)C)c(N=N)cc2s1. The van der Waals surface area contributed by atoms with Crippen molar-refractivity contribution in [3.63, 3.8) is 0 Å². The maximum absolute atomic E-state index is 7.67. The van der Waals surface area contributed by atoms with Crippen LogP contribution in [0.15, 0.2) is 17.2 Å². The van der Waals surface area contributed by atoms with Gasteiger partial charge in [-0.05, 0) is 43.1 Å². The summed E-state index contributed by atoms with van der Waals surface area (Å²) in [7, 11) is 0. The van der Waals surface area contributed by atoms with E-state index in [2.05, 4.69) is 51.6 Å². The Morgan fingerprint density at radius 1 is 1.03 bits per heavy atom. The minimum absolute atomic E-state index is 0.329. The van der Waals surface area contributed by atoms with E-state index < -0.39 is 0 Å². The molecule has 34 heavy (non-hydrogen) atoms. The molecule has 0 amide bonds. The first-order chi connectivity index (χ1) is 16.3. The van der Waals surface area contributed by atoms with Gasteiger partial charge in [-0.2, -0.15) is 5.11 Å². The summed E-state index contributed by atoms with van der Waals surface area (Å²) in [6.45, 7) is 16.4. The number of anilines is 1. The van der Waals surface area contributed by atoms with Crippen molar-refractivity contribution in [1.82, 2.24) is 4.98 Å². The van der Waals surface area contributed by atoms with Crippen LogP contribution in [0.3, 0.4) is 0 Å². The summed E-state index contributed by atoms with van der Waals surface area (Å²) in [5, 5.41) is 4.85. The number of rotatable bonds is 17. The molecule has 1 N–H and O–H groups in total. The summed E-state index contributed by atoms with van der Waals surface area (Å²) >= 11 is 1.72. The molecule has 6 heteroatoms. The van der Waals surface area contributed by atoms with Crippen molar-refractivity contribution in [2.75, 3.05) is 24.6 Å². The van der Waals surface area contributed by atoms with Crippen molar-refractivity contribution in [2.24, 2.45) is 16.4 Å². The predicted molar refractivity (Wildman–Crippen MR) is 148 cm³/mol. The van der Waals surface area contributed by atoms with E-state index >= 15 is 0 Å². The topological polar surface area (TPSA) is 61.6 Å². The van der Waals surface area contributed by atoms with Gasteiger partial charge in [-0.15, -0.1) is 0 Å². The van der Waals surface area contributed by atoms with E-state index in [9.17, 15) is 0 Å². The van der Waals surface area contributed by atoms with Gasteiger partial charge in [0.25, 0.3) is 0 Å². The molecule has 0 saturated heterocycles. The Kier molecular flexibility index (Phi) is 12.3. The van der Waals surface area contributed by atoms with E-state index in [1.807, 2.05) is 12.1 Å². The number of thiazole rings is 1. The highest BCUT2D eigenvalue weighted by molar-refractivity contribution is 7.22. The Morgan fingerprint density at radius 2 is 1.68 bits per heavy atom. The minimum Gasteiger partial charge on any atom is -0.491 e. The lowest BCUT2D eigenvalue weighted by Gasteiger charge is -2.23. The third-order valence-corrected chi connectivity index (χ3v) is 7.32. The lowest BCUT2D eigenvalue weighted by Crippen LogP contribution is -2.25. The van der Waals surface area contributed by atoms with E-state index in [1.54, 1.807) is 11.3 Å². The van der Waals surface area contributed by atoms with Crippen LogP contribution in [-0.2, 0) is 0 Å². The van der Waals surface area contributed by atoms with Crippen LogP contribution >= 0.6 is 11.3 Å². The highest BCUT2D eigenvalue weighted by Crippen LogP contribution is 2.38. The van der Waals surface area contributed by atoms with E-state index in [0.29, 0.717) is 29.4 Å². The number of nitrogens with one attached hydrogen (secondary N) is 1. The lowest BCUT2D eigenvalue weighted by atomic mass is 9.84. The molecule has 0 spiro atoms. The summed E-state index contributed by atoms with van der Waals surface area (Å²) in [6.07, 6.45) is 12.3. The smallest absolute Gasteiger partial charge is 0.186 e. The average Bonchev–Trinajstić information content (AvgIpc) is 3.18. The maximum atomic E-state index is 7.67. The Balaban J connectivity index is 2.11. The third kappa shape index (κ3) is 9.89. The van der Waals surface area contributed by atoms with Crippen LogP contribution in [0, 0.1) is 16.9 Å². The summed E-state index contributed by atoms with van der Waals surface area (Å²) in [5.74, 6) is 1.28. The van der Waals surface area contributed by atoms with Gasteiger partial charge in [0.15, 0.2) is 5.13 Å². The van der Waals surface area contributed by atoms with Crippen LogP contribution in [0.2, 0.25) is 0 Å². The fraction of sp³-hybridized carbons (Fsp3) is 0.750. The van der Waals surface area contributed by atoms with Gasteiger partial charge in [-0.1, -0.05) is 91.4 Å². The molecular formula is C28H48N4OS. The Labute approximate surface area is 212 Å². The zero-order valence-corrected chi connectivity index (χ0v) is 23.4. The molecule has 0 radical (unpaired) electrons. The van der Waals surface area contributed by atoms with Gasteiger partial charge in [0.05, 0.1) is 16.8 Å². The van der Waals surface area contributed by atoms with E-state index in [0.717, 1.165) is 34.9 Å². The monoisotopic (exact) mass is 488 g/mol. The van der Waals surface area contributed by atoms with Crippen LogP contribution in [0.5, 0.6) is 5.75 Å². The summed E-state index contributed by atoms with van der Waals surface area (Å²) < 4.78 is 7.20. The first-order valence-electron chi connectivity index (χ1n) is 13.5. The molecule has 2 rings (SSSR count). The largest absolute Gasteiger partial charge is 0.491 e. The Hall–Kier alpha value is -1.69. The van der Waals surface area contributed by atoms with Crippen molar-refractivity contribution in [3.8, 4) is 5.75 Å². The third-order valence-electron chi connectivity index (χ3n) is 6.24. The average molecular weight is 489 g/mol. The highest BCUT2D eigenvalue weighted by atomic mass is 32.1. The summed E-state index contributed by atoms with van der Waals surface area (Å²) in [5.41, 5.74) is 9.55. The number of benzene rings is 1. The van der Waals surface area contributed by atoms with Gasteiger partial charge >= 0.3 is 0 Å². The second kappa shape index (κ2) is 14.7. The van der Waals surface area contributed by atoms with Crippen LogP contribution in [-0.4, -0.2) is 24.7 Å². The van der Waals surface area contributed by atoms with Gasteiger partial charge in [0.2, 0.25) is 0 Å². The predicted octanol–water partition coefficient (Wildman–Crippen LogP) is 9.77. The molecule has 0 bridgehead atoms. The first-order valence-corrected chi connectivity index (χ1v) is 14.3. The van der Waals surface area contributed by atoms with E-state index in [1.165, 1.54) is 57.8 Å². The molecule has 0 saturated carbocycles. The van der Waals surface area contributed by atoms with Gasteiger partial charge in [-0.3, -0.25) is 0 Å². The molecule has 192 valence electrons. The summed E-state index contributed by atoms with van der Waals surface area (Å²) in [6, 6.07) is 3.97. The van der Waals surface area contributed by atoms with Gasteiger partial charge in [0.1, 0.15) is 11.4 Å². The standard InChI is InChI=1S/C28H48N4OS/c1-7-9-11-13-16-32(17-14-12-10-8-2)27-30-24-19-25(23(31-29)20-26(24)34-27)33-18-15-22(3)21-28(4,5)6/h19-20,22,29H,7-18,21H2,1-6H3. The van der Waals surface area contributed by atoms with Crippen LogP contribution in [0.1, 0.15) is 106 Å². The molecular weight excluding hydrogens is 440 g/mol. The van der Waals surface area contributed by atoms with Crippen LogP contribution in [0.4, 0.5) is 10.8 Å². The maximum Gasteiger partial charge on any atom is 0.186 e. The lowest BCUT2D eigenvalue weighted by molar-refractivity contribution is 0.241. The molecule has 1 atom stereocenters. The number of fused-ring (bicyclic) bond motifs is 1. The Morgan fingerprint density at radius 3 is 2.24 bits per heavy atom. The number of aromatic nitrogens is 1. The number of hydrogen-bond donors (Lipinski definition) is 1. The van der Waals surface area contributed by atoms with Crippen molar-refractivity contribution in [2.45, 2.75) is 106 Å². The molecule has 0 fully saturated rings. The van der Waals surface area contributed by atoms with Gasteiger partial charge in [0, 0.05) is 19.2 Å². The molecule has 1 heterocycles. The fourth-order valence-electron chi connectivity index (χ4n) is 4.55. The zero-order valence-electron chi connectivity index (χ0n) is 22.6. The second-order valence-electron chi connectivity index (χ2n) is 11.0. The zero-order chi connectivity index (χ0) is 25.0. The molecule has 2 aromatic rings. The second-order valence-corrected chi connectivity index (χ2v) is 12.0. The van der Waals surface area contributed by atoms with Gasteiger partial charge < -0.3 is 9.64 Å². The normalized spacial score (nSPS) is 12.8. The van der Waals surface area contributed by atoms with Crippen molar-refractivity contribution >= 4 is 32.4 Å². The highest BCUT2D eigenvalue weighted by Gasteiger charge is 2.17. The number of nitrogens with zero attached hydrogens (tertiary/aromatic N) is 3. The van der Waals surface area contributed by atoms with Crippen molar-refractivity contribution in [1.29, 1.82) is 5.53 Å². The molecule has 1 unspecified atom stereocenters. The van der Waals surface area contributed by atoms with Crippen LogP contribution in [0.25, 0.3) is 10.2 Å². The number of hydrogen-bond acceptors (Lipinski definition) is 6. The molecule has 0 aliphatic rings. The van der Waals surface area contributed by atoms with Gasteiger partial charge in [-0.25, -0.2) is 10.5 Å². The fourth-order valence-corrected chi connectivity index (χ4v) is 5.58. The minimum atomic E-state index is 0.329. The molecule has 1 aromatic heterocycles. The number of unbranched alkanes of at least 4 members (excludes halogenated alkanes) is 6. The number of ether oxygens (including phenoxy) is 1. The van der Waals surface area contributed by atoms with Crippen LogP contribution < -0.4 is 9.64 Å².